The monoisotopic (exact) mass is 297 g/mol. The Hall–Kier alpha value is -1.01. The summed E-state index contributed by atoms with van der Waals surface area (Å²) in [5.74, 6) is -0.0282. The van der Waals surface area contributed by atoms with Gasteiger partial charge < -0.3 is 11.1 Å². The number of hydrogen-bond donors (Lipinski definition) is 2. The van der Waals surface area contributed by atoms with Crippen LogP contribution in [0.2, 0.25) is 0 Å². The maximum absolute atomic E-state index is 12.6. The first kappa shape index (κ1) is 14.4. The van der Waals surface area contributed by atoms with Crippen LogP contribution in [0.25, 0.3) is 0 Å². The highest BCUT2D eigenvalue weighted by atomic mass is 32.1. The Morgan fingerprint density at radius 3 is 2.79 bits per heavy atom. The van der Waals surface area contributed by atoms with Crippen LogP contribution in [-0.2, 0) is 4.79 Å². The van der Waals surface area contributed by atoms with Crippen molar-refractivity contribution in [2.75, 3.05) is 0 Å². The highest BCUT2D eigenvalue weighted by Crippen LogP contribution is 2.39. The third kappa shape index (κ3) is 2.79. The number of carbonyl (C=O) groups excluding carboxylic acids is 1. The first-order valence-electron chi connectivity index (χ1n) is 6.60. The minimum atomic E-state index is -0.639. The Morgan fingerprint density at radius 2 is 2.32 bits per heavy atom. The van der Waals surface area contributed by atoms with Crippen LogP contribution >= 0.6 is 23.6 Å². The number of nitrogens with two attached hydrogens (primary N) is 1. The maximum Gasteiger partial charge on any atom is 0.233 e. The number of carbonyl (C=O) groups is 1. The van der Waals surface area contributed by atoms with E-state index < -0.39 is 5.41 Å². The average molecular weight is 297 g/mol. The van der Waals surface area contributed by atoms with Gasteiger partial charge in [0, 0.05) is 11.6 Å². The smallest absolute Gasteiger partial charge is 0.233 e. The molecule has 3 N–H and O–H groups in total. The summed E-state index contributed by atoms with van der Waals surface area (Å²) >= 11 is 6.69. The number of amides is 1. The van der Waals surface area contributed by atoms with Gasteiger partial charge in [0.1, 0.15) is 5.01 Å². The quantitative estimate of drug-likeness (QED) is 0.820. The number of thiocarbonyl (C=S) groups is 1. The predicted octanol–water partition coefficient (Wildman–Crippen LogP) is 2.56. The van der Waals surface area contributed by atoms with E-state index in [4.69, 9.17) is 18.0 Å². The summed E-state index contributed by atoms with van der Waals surface area (Å²) in [5.41, 5.74) is 5.19. The van der Waals surface area contributed by atoms with Crippen LogP contribution in [0.1, 0.15) is 50.1 Å². The van der Waals surface area contributed by atoms with Gasteiger partial charge in [0.25, 0.3) is 0 Å². The number of nitrogens with zero attached hydrogens (tertiary/aromatic N) is 1. The van der Waals surface area contributed by atoms with Crippen molar-refractivity contribution in [3.8, 4) is 0 Å². The molecular formula is C13H19N3OS2. The maximum atomic E-state index is 12.6. The van der Waals surface area contributed by atoms with E-state index in [1.54, 1.807) is 17.5 Å². The standard InChI is InChI=1S/C13H19N3OS2/c1-2-9(10-15-7-8-19-10)16-12(17)13(11(14)18)5-3-4-6-13/h7-9H,2-6H2,1H3,(H2,14,18)(H,16,17). The molecule has 0 saturated heterocycles. The fourth-order valence-electron chi connectivity index (χ4n) is 2.61. The molecular weight excluding hydrogens is 278 g/mol. The molecule has 0 aliphatic heterocycles. The molecule has 1 saturated carbocycles. The van der Waals surface area contributed by atoms with Crippen molar-refractivity contribution in [1.29, 1.82) is 0 Å². The molecule has 1 fully saturated rings. The molecule has 4 nitrogen and oxygen atoms in total. The van der Waals surface area contributed by atoms with E-state index in [1.807, 2.05) is 12.3 Å². The van der Waals surface area contributed by atoms with Crippen LogP contribution in [0.5, 0.6) is 0 Å². The van der Waals surface area contributed by atoms with Gasteiger partial charge in [-0.2, -0.15) is 0 Å². The minimum absolute atomic E-state index is 0.0282. The van der Waals surface area contributed by atoms with Crippen molar-refractivity contribution in [2.24, 2.45) is 11.1 Å². The molecule has 19 heavy (non-hydrogen) atoms. The summed E-state index contributed by atoms with van der Waals surface area (Å²) in [5, 5.41) is 5.93. The van der Waals surface area contributed by atoms with Gasteiger partial charge in [-0.25, -0.2) is 4.98 Å². The number of aromatic nitrogens is 1. The van der Waals surface area contributed by atoms with Gasteiger partial charge >= 0.3 is 0 Å². The predicted molar refractivity (Wildman–Crippen MR) is 81.0 cm³/mol. The Morgan fingerprint density at radius 1 is 1.63 bits per heavy atom. The Bertz CT molecular complexity index is 452. The summed E-state index contributed by atoms with van der Waals surface area (Å²) in [6, 6.07) is -0.0423. The zero-order valence-corrected chi connectivity index (χ0v) is 12.6. The Balaban J connectivity index is 2.13. The van der Waals surface area contributed by atoms with Gasteiger partial charge in [-0.3, -0.25) is 4.79 Å². The van der Waals surface area contributed by atoms with Crippen molar-refractivity contribution in [2.45, 2.75) is 45.1 Å². The molecule has 104 valence electrons. The summed E-state index contributed by atoms with van der Waals surface area (Å²) in [7, 11) is 0. The Labute approximate surface area is 122 Å². The third-order valence-corrected chi connectivity index (χ3v) is 5.11. The van der Waals surface area contributed by atoms with Gasteiger partial charge in [-0.15, -0.1) is 11.3 Å². The van der Waals surface area contributed by atoms with Crippen LogP contribution in [0.4, 0.5) is 0 Å². The van der Waals surface area contributed by atoms with E-state index in [2.05, 4.69) is 10.3 Å². The van der Waals surface area contributed by atoms with Crippen LogP contribution in [0.15, 0.2) is 11.6 Å². The molecule has 1 aliphatic carbocycles. The van der Waals surface area contributed by atoms with Gasteiger partial charge in [0.05, 0.1) is 16.4 Å². The molecule has 0 radical (unpaired) electrons. The van der Waals surface area contributed by atoms with Crippen LogP contribution in [-0.4, -0.2) is 15.9 Å². The van der Waals surface area contributed by atoms with Gasteiger partial charge in [0.15, 0.2) is 0 Å². The van der Waals surface area contributed by atoms with Crippen molar-refractivity contribution in [1.82, 2.24) is 10.3 Å². The third-order valence-electron chi connectivity index (χ3n) is 3.83. The van der Waals surface area contributed by atoms with E-state index in [0.717, 1.165) is 37.1 Å². The first-order chi connectivity index (χ1) is 9.10. The molecule has 1 heterocycles. The topological polar surface area (TPSA) is 68.0 Å². The molecule has 0 bridgehead atoms. The second kappa shape index (κ2) is 5.96. The number of rotatable bonds is 5. The normalized spacial score (nSPS) is 19.0. The summed E-state index contributed by atoms with van der Waals surface area (Å²) in [6.45, 7) is 2.04. The molecule has 0 aromatic carbocycles. The lowest BCUT2D eigenvalue weighted by Crippen LogP contribution is -2.48. The highest BCUT2D eigenvalue weighted by molar-refractivity contribution is 7.80. The molecule has 0 spiro atoms. The van der Waals surface area contributed by atoms with Crippen molar-refractivity contribution >= 4 is 34.5 Å². The fourth-order valence-corrected chi connectivity index (χ4v) is 3.67. The highest BCUT2D eigenvalue weighted by Gasteiger charge is 2.44. The van der Waals surface area contributed by atoms with Crippen molar-refractivity contribution in [3.63, 3.8) is 0 Å². The zero-order valence-electron chi connectivity index (χ0n) is 11.0. The van der Waals surface area contributed by atoms with Gasteiger partial charge in [0.2, 0.25) is 5.91 Å². The van der Waals surface area contributed by atoms with Crippen LogP contribution in [0, 0.1) is 5.41 Å². The number of hydrogen-bond acceptors (Lipinski definition) is 4. The average Bonchev–Trinajstić information content (AvgIpc) is 3.06. The molecule has 6 heteroatoms. The molecule has 1 unspecified atom stereocenters. The minimum Gasteiger partial charge on any atom is -0.392 e. The summed E-state index contributed by atoms with van der Waals surface area (Å²) in [6.07, 6.45) is 6.13. The van der Waals surface area contributed by atoms with E-state index in [-0.39, 0.29) is 11.9 Å². The van der Waals surface area contributed by atoms with Crippen molar-refractivity contribution in [3.05, 3.63) is 16.6 Å². The van der Waals surface area contributed by atoms with Crippen molar-refractivity contribution < 1.29 is 4.79 Å². The molecule has 1 aromatic heterocycles. The van der Waals surface area contributed by atoms with E-state index in [9.17, 15) is 4.79 Å². The molecule has 1 atom stereocenters. The summed E-state index contributed by atoms with van der Waals surface area (Å²) < 4.78 is 0. The summed E-state index contributed by atoms with van der Waals surface area (Å²) in [4.78, 5) is 17.2. The number of thiazole rings is 1. The fraction of sp³-hybridized carbons (Fsp3) is 0.615. The first-order valence-corrected chi connectivity index (χ1v) is 7.89. The van der Waals surface area contributed by atoms with Crippen LogP contribution in [0.3, 0.4) is 0 Å². The molecule has 1 aromatic rings. The molecule has 1 aliphatic rings. The number of nitrogens with one attached hydrogen (secondary N) is 1. The second-order valence-electron chi connectivity index (χ2n) is 4.96. The van der Waals surface area contributed by atoms with E-state index in [1.165, 1.54) is 0 Å². The lowest BCUT2D eigenvalue weighted by molar-refractivity contribution is -0.128. The van der Waals surface area contributed by atoms with Gasteiger partial charge in [-0.1, -0.05) is 32.0 Å². The molecule has 2 rings (SSSR count). The Kier molecular flexibility index (Phi) is 4.52. The largest absolute Gasteiger partial charge is 0.392 e. The van der Waals surface area contributed by atoms with Crippen LogP contribution < -0.4 is 11.1 Å². The zero-order chi connectivity index (χ0) is 13.9. The lowest BCUT2D eigenvalue weighted by Gasteiger charge is -2.28. The molecule has 1 amide bonds. The van der Waals surface area contributed by atoms with E-state index >= 15 is 0 Å². The lowest BCUT2D eigenvalue weighted by atomic mass is 9.84. The second-order valence-corrected chi connectivity index (χ2v) is 6.32. The van der Waals surface area contributed by atoms with E-state index in [0.29, 0.717) is 4.99 Å². The van der Waals surface area contributed by atoms with Gasteiger partial charge in [-0.05, 0) is 19.3 Å². The SMILES string of the molecule is CCC(NC(=O)C1(C(N)=S)CCCC1)c1nccs1.